The van der Waals surface area contributed by atoms with E-state index in [0.29, 0.717) is 0 Å². The van der Waals surface area contributed by atoms with E-state index in [2.05, 4.69) is 15.6 Å². The van der Waals surface area contributed by atoms with Gasteiger partial charge in [0.2, 0.25) is 0 Å². The van der Waals surface area contributed by atoms with Crippen molar-refractivity contribution in [3.63, 3.8) is 0 Å². The Morgan fingerprint density at radius 1 is 1.69 bits per heavy atom. The van der Waals surface area contributed by atoms with Crippen LogP contribution in [0.3, 0.4) is 0 Å². The molecule has 0 spiro atoms. The molecule has 2 N–H and O–H groups in total. The predicted molar refractivity (Wildman–Crippen MR) is 54.8 cm³/mol. The summed E-state index contributed by atoms with van der Waals surface area (Å²) in [6.07, 6.45) is 2.13. The molecule has 0 saturated heterocycles. The summed E-state index contributed by atoms with van der Waals surface area (Å²) in [7, 11) is 1.41. The first-order chi connectivity index (χ1) is 7.43. The first-order valence-electron chi connectivity index (χ1n) is 4.58. The van der Waals surface area contributed by atoms with Crippen molar-refractivity contribution in [3.8, 4) is 0 Å². The third-order valence-corrected chi connectivity index (χ3v) is 2.25. The highest BCUT2D eigenvalue weighted by Crippen LogP contribution is 2.17. The van der Waals surface area contributed by atoms with Crippen LogP contribution in [0, 0.1) is 5.82 Å². The van der Waals surface area contributed by atoms with E-state index in [4.69, 9.17) is 5.21 Å². The lowest BCUT2D eigenvalue weighted by molar-refractivity contribution is -0.114. The highest BCUT2D eigenvalue weighted by molar-refractivity contribution is 6.41. The smallest absolute Gasteiger partial charge is 0.271 e. The lowest BCUT2D eigenvalue weighted by Crippen LogP contribution is -2.45. The summed E-state index contributed by atoms with van der Waals surface area (Å²) in [5.41, 5.74) is -1.20. The van der Waals surface area contributed by atoms with Gasteiger partial charge in [-0.2, -0.15) is 5.10 Å². The highest BCUT2D eigenvalue weighted by atomic mass is 19.1. The molecule has 6 nitrogen and oxygen atoms in total. The first-order valence-corrected chi connectivity index (χ1v) is 4.58. The summed E-state index contributed by atoms with van der Waals surface area (Å²) in [4.78, 5) is 11.4. The van der Waals surface area contributed by atoms with Gasteiger partial charge in [-0.3, -0.25) is 9.48 Å². The molecule has 0 radical (unpaired) electrons. The van der Waals surface area contributed by atoms with Gasteiger partial charge in [-0.1, -0.05) is 5.16 Å². The van der Waals surface area contributed by atoms with Crippen molar-refractivity contribution in [2.75, 3.05) is 7.05 Å². The SMILES string of the molecule is CNC(=O)/C(=N/O)C(C)(C)n1cc(F)cn1. The van der Waals surface area contributed by atoms with E-state index in [9.17, 15) is 9.18 Å². The minimum Gasteiger partial charge on any atom is -0.410 e. The fourth-order valence-electron chi connectivity index (χ4n) is 1.28. The van der Waals surface area contributed by atoms with Crippen LogP contribution in [0.2, 0.25) is 0 Å². The van der Waals surface area contributed by atoms with E-state index in [1.807, 2.05) is 0 Å². The molecule has 0 aliphatic carbocycles. The van der Waals surface area contributed by atoms with Crippen LogP contribution in [0.5, 0.6) is 0 Å². The van der Waals surface area contributed by atoms with Gasteiger partial charge < -0.3 is 10.5 Å². The van der Waals surface area contributed by atoms with E-state index in [-0.39, 0.29) is 5.71 Å². The minimum absolute atomic E-state index is 0.155. The normalized spacial score (nSPS) is 12.6. The van der Waals surface area contributed by atoms with E-state index >= 15 is 0 Å². The van der Waals surface area contributed by atoms with Gasteiger partial charge >= 0.3 is 0 Å². The molecule has 0 unspecified atom stereocenters. The van der Waals surface area contributed by atoms with Crippen LogP contribution in [0.15, 0.2) is 17.5 Å². The second-order valence-electron chi connectivity index (χ2n) is 3.69. The molecule has 1 rings (SSSR count). The molecule has 1 heterocycles. The summed E-state index contributed by atoms with van der Waals surface area (Å²) in [6, 6.07) is 0. The zero-order valence-electron chi connectivity index (χ0n) is 9.23. The number of carbonyl (C=O) groups excluding carboxylic acids is 1. The average Bonchev–Trinajstić information content (AvgIpc) is 2.65. The summed E-state index contributed by atoms with van der Waals surface area (Å²) >= 11 is 0. The number of hydrogen-bond acceptors (Lipinski definition) is 4. The molecule has 16 heavy (non-hydrogen) atoms. The summed E-state index contributed by atoms with van der Waals surface area (Å²) in [5, 5.41) is 17.8. The molecule has 0 aliphatic heterocycles. The van der Waals surface area contributed by atoms with Crippen LogP contribution in [-0.4, -0.2) is 33.7 Å². The van der Waals surface area contributed by atoms with Gasteiger partial charge in [-0.25, -0.2) is 4.39 Å². The number of halogens is 1. The molecule has 88 valence electrons. The van der Waals surface area contributed by atoms with Crippen molar-refractivity contribution in [1.29, 1.82) is 0 Å². The first kappa shape index (κ1) is 12.2. The fourth-order valence-corrected chi connectivity index (χ4v) is 1.28. The molecule has 0 aliphatic rings. The standard InChI is InChI=1S/C9H13FN4O2/c1-9(2,7(13-16)8(15)11-3)14-5-6(10)4-12-14/h4-5,16H,1-3H3,(H,11,15)/b13-7-. The van der Waals surface area contributed by atoms with Crippen LogP contribution in [0.1, 0.15) is 13.8 Å². The van der Waals surface area contributed by atoms with Gasteiger partial charge in [0.15, 0.2) is 11.5 Å². The van der Waals surface area contributed by atoms with E-state index in [1.54, 1.807) is 13.8 Å². The molecule has 0 aromatic carbocycles. The van der Waals surface area contributed by atoms with Gasteiger partial charge in [0.1, 0.15) is 5.54 Å². The van der Waals surface area contributed by atoms with Crippen molar-refractivity contribution in [3.05, 3.63) is 18.2 Å². The summed E-state index contributed by atoms with van der Waals surface area (Å²) in [6.45, 7) is 3.17. The number of amides is 1. The van der Waals surface area contributed by atoms with Crippen LogP contribution in [0.25, 0.3) is 0 Å². The van der Waals surface area contributed by atoms with Gasteiger partial charge in [0.25, 0.3) is 5.91 Å². The molecule has 1 amide bonds. The largest absolute Gasteiger partial charge is 0.410 e. The summed E-state index contributed by atoms with van der Waals surface area (Å²) < 4.78 is 14.0. The number of oxime groups is 1. The van der Waals surface area contributed by atoms with Gasteiger partial charge in [-0.15, -0.1) is 0 Å². The number of nitrogens with one attached hydrogen (secondary N) is 1. The molecule has 0 saturated carbocycles. The maximum Gasteiger partial charge on any atom is 0.271 e. The number of hydrogen-bond donors (Lipinski definition) is 2. The maximum absolute atomic E-state index is 12.8. The fraction of sp³-hybridized carbons (Fsp3) is 0.444. The molecule has 7 heteroatoms. The van der Waals surface area contributed by atoms with Gasteiger partial charge in [0, 0.05) is 7.05 Å². The quantitative estimate of drug-likeness (QED) is 0.444. The Hall–Kier alpha value is -1.92. The Bertz CT molecular complexity index is 425. The lowest BCUT2D eigenvalue weighted by Gasteiger charge is -2.24. The second-order valence-corrected chi connectivity index (χ2v) is 3.69. The predicted octanol–water partition coefficient (Wildman–Crippen LogP) is 0.333. The van der Waals surface area contributed by atoms with Crippen molar-refractivity contribution in [1.82, 2.24) is 15.1 Å². The van der Waals surface area contributed by atoms with E-state index in [0.717, 1.165) is 12.4 Å². The van der Waals surface area contributed by atoms with Crippen LogP contribution in [-0.2, 0) is 10.3 Å². The number of aromatic nitrogens is 2. The topological polar surface area (TPSA) is 79.5 Å². The molecule has 1 aromatic heterocycles. The molecule has 0 atom stereocenters. The Balaban J connectivity index is 3.14. The molecule has 1 aromatic rings. The van der Waals surface area contributed by atoms with Crippen molar-refractivity contribution in [2.45, 2.75) is 19.4 Å². The second kappa shape index (κ2) is 4.30. The van der Waals surface area contributed by atoms with Crippen LogP contribution >= 0.6 is 0 Å². The monoisotopic (exact) mass is 228 g/mol. The Kier molecular flexibility index (Phi) is 3.26. The number of nitrogens with zero attached hydrogens (tertiary/aromatic N) is 3. The van der Waals surface area contributed by atoms with Gasteiger partial charge in [-0.05, 0) is 13.8 Å². The van der Waals surface area contributed by atoms with Crippen molar-refractivity contribution >= 4 is 11.6 Å². The molecular weight excluding hydrogens is 215 g/mol. The molecule has 0 bridgehead atoms. The molecular formula is C9H13FN4O2. The Morgan fingerprint density at radius 2 is 2.31 bits per heavy atom. The third-order valence-electron chi connectivity index (χ3n) is 2.25. The maximum atomic E-state index is 12.8. The number of rotatable bonds is 3. The average molecular weight is 228 g/mol. The molecule has 0 fully saturated rings. The lowest BCUT2D eigenvalue weighted by atomic mass is 9.98. The number of carbonyl (C=O) groups is 1. The van der Waals surface area contributed by atoms with Crippen LogP contribution < -0.4 is 5.32 Å². The minimum atomic E-state index is -1.04. The zero-order chi connectivity index (χ0) is 12.3. The van der Waals surface area contributed by atoms with E-state index in [1.165, 1.54) is 11.7 Å². The zero-order valence-corrected chi connectivity index (χ0v) is 9.23. The third kappa shape index (κ3) is 2.02. The van der Waals surface area contributed by atoms with E-state index < -0.39 is 17.3 Å². The van der Waals surface area contributed by atoms with Crippen molar-refractivity contribution in [2.24, 2.45) is 5.16 Å². The Morgan fingerprint density at radius 3 is 2.69 bits per heavy atom. The van der Waals surface area contributed by atoms with Crippen molar-refractivity contribution < 1.29 is 14.4 Å². The van der Waals surface area contributed by atoms with Gasteiger partial charge in [0.05, 0.1) is 12.4 Å². The van der Waals surface area contributed by atoms with Crippen LogP contribution in [0.4, 0.5) is 4.39 Å². The highest BCUT2D eigenvalue weighted by Gasteiger charge is 2.33. The Labute approximate surface area is 91.7 Å². The summed E-state index contributed by atoms with van der Waals surface area (Å²) in [5.74, 6) is -1.08.